The van der Waals surface area contributed by atoms with Crippen molar-refractivity contribution in [3.8, 4) is 0 Å². The zero-order valence-electron chi connectivity index (χ0n) is 27.3. The second-order valence-corrected chi connectivity index (χ2v) is 12.8. The number of aliphatic hydroxyl groups excluding tert-OH is 6. The number of hydrogen-bond donors (Lipinski definition) is 13. The van der Waals surface area contributed by atoms with Gasteiger partial charge in [-0.05, 0) is 26.0 Å². The average Bonchev–Trinajstić information content (AvgIpc) is 3.39. The standard InChI is InChI=1S/C28H51F2N7O13/c1-36-6-9-2-3-10(33)25(45-9)48-20-11(34)4-12(37-24(44)23(43)28(29,30)8-32)16(39)22(20)50-27-19(42)21(14(7-38)47-27)49-26-15(35)18(41)17(40)13(5-31)46-26/h2,10-23,25-27,36,38-43H,3-8,31-35H2,1H3,(H,37,44)/t10-,11+,12-,13+,14-,15-,16+,17-,18-,19-,20-,21-,22-,23-,25-,26-,27+/m1/s1. The van der Waals surface area contributed by atoms with E-state index in [0.717, 1.165) is 0 Å². The maximum absolute atomic E-state index is 14.0. The van der Waals surface area contributed by atoms with Crippen LogP contribution in [0.5, 0.6) is 0 Å². The van der Waals surface area contributed by atoms with Gasteiger partial charge in [0, 0.05) is 12.6 Å². The van der Waals surface area contributed by atoms with Crippen LogP contribution in [-0.4, -0.2) is 180 Å². The van der Waals surface area contributed by atoms with E-state index in [0.29, 0.717) is 18.7 Å². The van der Waals surface area contributed by atoms with E-state index < -0.39 is 129 Å². The Morgan fingerprint density at radius 2 is 1.58 bits per heavy atom. The van der Waals surface area contributed by atoms with Crippen molar-refractivity contribution < 1.29 is 72.6 Å². The summed E-state index contributed by atoms with van der Waals surface area (Å²) in [5.74, 6) is -5.04. The van der Waals surface area contributed by atoms with Gasteiger partial charge in [-0.2, -0.15) is 0 Å². The fourth-order valence-electron chi connectivity index (χ4n) is 6.23. The van der Waals surface area contributed by atoms with E-state index >= 15 is 0 Å². The molecular weight excluding hydrogens is 680 g/mol. The molecule has 22 heteroatoms. The van der Waals surface area contributed by atoms with Crippen LogP contribution in [0.1, 0.15) is 12.8 Å². The predicted molar refractivity (Wildman–Crippen MR) is 164 cm³/mol. The second kappa shape index (κ2) is 17.3. The van der Waals surface area contributed by atoms with E-state index in [1.807, 2.05) is 0 Å². The third kappa shape index (κ3) is 8.86. The normalized spacial score (nSPS) is 43.2. The molecule has 0 bridgehead atoms. The molecule has 3 heterocycles. The molecule has 0 aromatic carbocycles. The summed E-state index contributed by atoms with van der Waals surface area (Å²) in [6, 6.07) is -4.53. The largest absolute Gasteiger partial charge is 0.467 e. The topological polar surface area (TPSA) is 348 Å². The molecule has 4 rings (SSSR count). The molecule has 2 saturated heterocycles. The lowest BCUT2D eigenvalue weighted by molar-refractivity contribution is -0.282. The number of alkyl halides is 2. The molecule has 4 aliphatic rings. The van der Waals surface area contributed by atoms with Crippen molar-refractivity contribution in [1.29, 1.82) is 0 Å². The SMILES string of the molecule is CNCC1=CC[C@@H](N)[C@@H](O[C@H]2[C@H](O[C@@H]3O[C@H](CO)[C@@H](O[C@H]4O[C@@H](CN)[C@@H](O)[C@H](O)[C@H]4N)[C@H]3O)[C@@H](O)[C@H](NC(=O)[C@@H](O)C(F)(F)CN)C[C@@H]2N)O1. The Hall–Kier alpha value is -1.81. The monoisotopic (exact) mass is 731 g/mol. The van der Waals surface area contributed by atoms with E-state index in [1.54, 1.807) is 13.1 Å². The number of carbonyl (C=O) groups excluding carboxylic acids is 1. The Kier molecular flexibility index (Phi) is 14.2. The molecule has 20 nitrogen and oxygen atoms in total. The van der Waals surface area contributed by atoms with Crippen LogP contribution in [0, 0.1) is 0 Å². The molecule has 18 N–H and O–H groups in total. The van der Waals surface area contributed by atoms with E-state index in [9.17, 15) is 44.2 Å². The number of carbonyl (C=O) groups is 1. The molecule has 17 atom stereocenters. The molecule has 0 radical (unpaired) electrons. The fourth-order valence-corrected chi connectivity index (χ4v) is 6.23. The zero-order chi connectivity index (χ0) is 37.1. The summed E-state index contributed by atoms with van der Waals surface area (Å²) in [6.07, 6.45) is -18.5. The van der Waals surface area contributed by atoms with E-state index in [2.05, 4.69) is 10.6 Å². The lowest BCUT2D eigenvalue weighted by Crippen LogP contribution is -2.67. The molecule has 0 unspecified atom stereocenters. The van der Waals surface area contributed by atoms with Crippen molar-refractivity contribution in [1.82, 2.24) is 10.6 Å². The summed E-state index contributed by atoms with van der Waals surface area (Å²) in [5.41, 5.74) is 29.3. The Labute approximate surface area is 286 Å². The molecule has 1 amide bonds. The summed E-state index contributed by atoms with van der Waals surface area (Å²) in [4.78, 5) is 12.6. The molecule has 290 valence electrons. The summed E-state index contributed by atoms with van der Waals surface area (Å²) in [7, 11) is 1.69. The van der Waals surface area contributed by atoms with E-state index in [1.165, 1.54) is 0 Å². The van der Waals surface area contributed by atoms with Crippen LogP contribution in [-0.2, 0) is 33.2 Å². The number of halogens is 2. The Balaban J connectivity index is 1.57. The second-order valence-electron chi connectivity index (χ2n) is 12.8. The van der Waals surface area contributed by atoms with Crippen LogP contribution in [0.25, 0.3) is 0 Å². The van der Waals surface area contributed by atoms with Gasteiger partial charge in [0.05, 0.1) is 37.8 Å². The van der Waals surface area contributed by atoms with Crippen molar-refractivity contribution in [2.75, 3.05) is 33.3 Å². The van der Waals surface area contributed by atoms with Crippen LogP contribution in [0.2, 0.25) is 0 Å². The van der Waals surface area contributed by atoms with E-state index in [-0.39, 0.29) is 13.0 Å². The van der Waals surface area contributed by atoms with Crippen molar-refractivity contribution in [2.45, 2.75) is 123 Å². The Bertz CT molecular complexity index is 1150. The van der Waals surface area contributed by atoms with Crippen molar-refractivity contribution in [3.63, 3.8) is 0 Å². The lowest BCUT2D eigenvalue weighted by atomic mass is 9.83. The highest BCUT2D eigenvalue weighted by Gasteiger charge is 2.54. The fraction of sp³-hybridized carbons (Fsp3) is 0.893. The highest BCUT2D eigenvalue weighted by Crippen LogP contribution is 2.34. The maximum Gasteiger partial charge on any atom is 0.294 e. The quantitative estimate of drug-likeness (QED) is 0.0789. The smallest absolute Gasteiger partial charge is 0.294 e. The van der Waals surface area contributed by atoms with Crippen LogP contribution in [0.3, 0.4) is 0 Å². The van der Waals surface area contributed by atoms with Crippen LogP contribution < -0.4 is 39.3 Å². The predicted octanol–water partition coefficient (Wildman–Crippen LogP) is -7.34. The summed E-state index contributed by atoms with van der Waals surface area (Å²) in [5, 5.41) is 68.5. The van der Waals surface area contributed by atoms with Gasteiger partial charge < -0.3 is 98.4 Å². The highest BCUT2D eigenvalue weighted by molar-refractivity contribution is 5.82. The number of nitrogens with one attached hydrogen (secondary N) is 2. The number of aliphatic hydroxyl groups is 6. The third-order valence-corrected chi connectivity index (χ3v) is 9.18. The van der Waals surface area contributed by atoms with Gasteiger partial charge in [0.25, 0.3) is 11.8 Å². The molecule has 3 fully saturated rings. The minimum Gasteiger partial charge on any atom is -0.467 e. The molecule has 0 aromatic heterocycles. The van der Waals surface area contributed by atoms with Gasteiger partial charge >= 0.3 is 0 Å². The molecule has 0 spiro atoms. The number of hydrogen-bond acceptors (Lipinski definition) is 19. The average molecular weight is 732 g/mol. The molecule has 1 saturated carbocycles. The number of nitrogens with two attached hydrogens (primary N) is 5. The summed E-state index contributed by atoms with van der Waals surface area (Å²) < 4.78 is 63.2. The Morgan fingerprint density at radius 1 is 0.940 bits per heavy atom. The number of amides is 1. The van der Waals surface area contributed by atoms with Gasteiger partial charge in [-0.25, -0.2) is 8.78 Å². The molecule has 3 aliphatic heterocycles. The molecule has 1 aliphatic carbocycles. The highest BCUT2D eigenvalue weighted by atomic mass is 19.3. The molecule has 0 aromatic rings. The summed E-state index contributed by atoms with van der Waals surface area (Å²) in [6.45, 7) is -1.96. The van der Waals surface area contributed by atoms with Crippen molar-refractivity contribution in [3.05, 3.63) is 11.8 Å². The van der Waals surface area contributed by atoms with Gasteiger partial charge in [0.2, 0.25) is 6.29 Å². The zero-order valence-corrected chi connectivity index (χ0v) is 27.3. The first kappa shape index (κ1) is 41.0. The summed E-state index contributed by atoms with van der Waals surface area (Å²) >= 11 is 0. The molecule has 50 heavy (non-hydrogen) atoms. The lowest BCUT2D eigenvalue weighted by Gasteiger charge is -2.46. The van der Waals surface area contributed by atoms with Gasteiger partial charge in [0.1, 0.15) is 60.7 Å². The van der Waals surface area contributed by atoms with Gasteiger partial charge in [-0.3, -0.25) is 4.79 Å². The number of rotatable bonds is 14. The minimum atomic E-state index is -3.99. The first-order valence-electron chi connectivity index (χ1n) is 16.2. The first-order valence-corrected chi connectivity index (χ1v) is 16.2. The van der Waals surface area contributed by atoms with Crippen LogP contribution in [0.4, 0.5) is 8.78 Å². The van der Waals surface area contributed by atoms with Crippen molar-refractivity contribution >= 4 is 5.91 Å². The van der Waals surface area contributed by atoms with E-state index in [4.69, 9.17) is 57.1 Å². The molecular formula is C28H51F2N7O13. The number of likely N-dealkylation sites (N-methyl/N-ethyl adjacent to an activating group) is 1. The van der Waals surface area contributed by atoms with Crippen LogP contribution >= 0.6 is 0 Å². The maximum atomic E-state index is 14.0. The van der Waals surface area contributed by atoms with Gasteiger partial charge in [-0.15, -0.1) is 0 Å². The van der Waals surface area contributed by atoms with Gasteiger partial charge in [0.15, 0.2) is 18.7 Å². The minimum absolute atomic E-state index is 0.218. The van der Waals surface area contributed by atoms with Gasteiger partial charge in [-0.1, -0.05) is 0 Å². The first-order chi connectivity index (χ1) is 23.6. The Morgan fingerprint density at radius 3 is 2.20 bits per heavy atom. The third-order valence-electron chi connectivity index (χ3n) is 9.18. The van der Waals surface area contributed by atoms with Crippen LogP contribution in [0.15, 0.2) is 11.8 Å². The number of ether oxygens (including phenoxy) is 6. The van der Waals surface area contributed by atoms with Crippen molar-refractivity contribution in [2.24, 2.45) is 28.7 Å².